The summed E-state index contributed by atoms with van der Waals surface area (Å²) in [5, 5.41) is 15.8. The number of rotatable bonds is 2. The molecule has 1 aromatic carbocycles. The number of nitrogens with zero attached hydrogens (tertiary/aromatic N) is 3. The Labute approximate surface area is 119 Å². The summed E-state index contributed by atoms with van der Waals surface area (Å²) in [5.74, 6) is -0.278. The van der Waals surface area contributed by atoms with Gasteiger partial charge < -0.3 is 5.32 Å². The Morgan fingerprint density at radius 2 is 2.26 bits per heavy atom. The van der Waals surface area contributed by atoms with Crippen LogP contribution in [0, 0.1) is 18.3 Å². The number of hydrogen-bond donors (Lipinski definition) is 1. The number of hydrogen-bond acceptors (Lipinski definition) is 3. The van der Waals surface area contributed by atoms with Gasteiger partial charge in [0.2, 0.25) is 0 Å². The summed E-state index contributed by atoms with van der Waals surface area (Å²) in [6.07, 6.45) is 1.51. The van der Waals surface area contributed by atoms with Gasteiger partial charge in [-0.15, -0.1) is 0 Å². The lowest BCUT2D eigenvalue weighted by Gasteiger charge is -2.07. The van der Waals surface area contributed by atoms with Crippen molar-refractivity contribution in [2.24, 2.45) is 7.05 Å². The Morgan fingerprint density at radius 1 is 1.53 bits per heavy atom. The molecule has 19 heavy (non-hydrogen) atoms. The second-order valence-corrected chi connectivity index (χ2v) is 4.94. The van der Waals surface area contributed by atoms with Crippen molar-refractivity contribution in [2.45, 2.75) is 6.92 Å². The summed E-state index contributed by atoms with van der Waals surface area (Å²) in [6.45, 7) is 1.81. The van der Waals surface area contributed by atoms with Crippen molar-refractivity contribution in [3.8, 4) is 6.07 Å². The molecule has 1 amide bonds. The summed E-state index contributed by atoms with van der Waals surface area (Å²) in [5.41, 5.74) is 2.15. The van der Waals surface area contributed by atoms with Gasteiger partial charge in [0, 0.05) is 17.2 Å². The molecule has 1 N–H and O–H groups in total. The van der Waals surface area contributed by atoms with Gasteiger partial charge in [0.25, 0.3) is 5.91 Å². The first-order valence-corrected chi connectivity index (χ1v) is 6.32. The van der Waals surface area contributed by atoms with E-state index in [1.165, 1.54) is 6.20 Å². The van der Waals surface area contributed by atoms with Crippen LogP contribution in [-0.2, 0) is 7.05 Å². The Balaban J connectivity index is 2.32. The zero-order valence-corrected chi connectivity index (χ0v) is 12.0. The Morgan fingerprint density at radius 3 is 2.84 bits per heavy atom. The fourth-order valence-corrected chi connectivity index (χ4v) is 1.99. The second-order valence-electron chi connectivity index (χ2n) is 4.02. The van der Waals surface area contributed by atoms with Crippen molar-refractivity contribution >= 4 is 27.5 Å². The smallest absolute Gasteiger partial charge is 0.259 e. The monoisotopic (exact) mass is 318 g/mol. The number of nitriles is 1. The summed E-state index contributed by atoms with van der Waals surface area (Å²) in [4.78, 5) is 12.1. The van der Waals surface area contributed by atoms with Crippen molar-refractivity contribution < 1.29 is 4.79 Å². The molecule has 1 heterocycles. The van der Waals surface area contributed by atoms with Gasteiger partial charge in [-0.3, -0.25) is 9.48 Å². The van der Waals surface area contributed by atoms with Crippen LogP contribution < -0.4 is 5.32 Å². The summed E-state index contributed by atoms with van der Waals surface area (Å²) in [6, 6.07) is 7.14. The molecule has 5 nitrogen and oxygen atoms in total. The lowest BCUT2D eigenvalue weighted by Crippen LogP contribution is -2.13. The molecule has 0 aliphatic carbocycles. The van der Waals surface area contributed by atoms with Crippen LogP contribution in [-0.4, -0.2) is 15.7 Å². The lowest BCUT2D eigenvalue weighted by molar-refractivity contribution is 0.102. The minimum Gasteiger partial charge on any atom is -0.321 e. The molecule has 0 spiro atoms. The maximum atomic E-state index is 12.1. The molecule has 2 aromatic rings. The maximum Gasteiger partial charge on any atom is 0.259 e. The predicted molar refractivity (Wildman–Crippen MR) is 74.8 cm³/mol. The van der Waals surface area contributed by atoms with Gasteiger partial charge in [0.1, 0.15) is 6.07 Å². The zero-order valence-electron chi connectivity index (χ0n) is 10.4. The van der Waals surface area contributed by atoms with E-state index in [4.69, 9.17) is 5.26 Å². The fourth-order valence-electron chi connectivity index (χ4n) is 1.63. The molecule has 0 saturated carbocycles. The van der Waals surface area contributed by atoms with Gasteiger partial charge in [-0.25, -0.2) is 0 Å². The molecule has 0 bridgehead atoms. The van der Waals surface area contributed by atoms with Gasteiger partial charge in [-0.1, -0.05) is 15.9 Å². The first-order valence-electron chi connectivity index (χ1n) is 5.52. The molecule has 0 aliphatic rings. The van der Waals surface area contributed by atoms with Crippen LogP contribution in [0.2, 0.25) is 0 Å². The van der Waals surface area contributed by atoms with Crippen LogP contribution in [0.3, 0.4) is 0 Å². The minimum absolute atomic E-state index is 0.278. The predicted octanol–water partition coefficient (Wildman–Crippen LogP) is 2.62. The normalized spacial score (nSPS) is 10.0. The summed E-state index contributed by atoms with van der Waals surface area (Å²) in [7, 11) is 1.77. The molecule has 0 aliphatic heterocycles. The number of aromatic nitrogens is 2. The minimum atomic E-state index is -0.278. The van der Waals surface area contributed by atoms with E-state index < -0.39 is 0 Å². The van der Waals surface area contributed by atoms with Crippen molar-refractivity contribution in [2.75, 3.05) is 5.32 Å². The second kappa shape index (κ2) is 5.24. The van der Waals surface area contributed by atoms with E-state index >= 15 is 0 Å². The molecule has 0 fully saturated rings. The van der Waals surface area contributed by atoms with Gasteiger partial charge in [-0.2, -0.15) is 10.4 Å². The Hall–Kier alpha value is -2.13. The van der Waals surface area contributed by atoms with Gasteiger partial charge in [0.05, 0.1) is 23.0 Å². The number of anilines is 1. The van der Waals surface area contributed by atoms with Gasteiger partial charge >= 0.3 is 0 Å². The van der Waals surface area contributed by atoms with Crippen LogP contribution in [0.5, 0.6) is 0 Å². The number of carbonyl (C=O) groups is 1. The average molecular weight is 319 g/mol. The number of nitrogens with one attached hydrogen (secondary N) is 1. The molecule has 0 saturated heterocycles. The van der Waals surface area contributed by atoms with Crippen molar-refractivity contribution in [1.29, 1.82) is 5.26 Å². The van der Waals surface area contributed by atoms with Crippen molar-refractivity contribution in [3.05, 3.63) is 45.7 Å². The first-order chi connectivity index (χ1) is 9.02. The highest BCUT2D eigenvalue weighted by atomic mass is 79.9. The highest BCUT2D eigenvalue weighted by molar-refractivity contribution is 9.10. The first kappa shape index (κ1) is 13.3. The molecular formula is C13H11BrN4O. The van der Waals surface area contributed by atoms with E-state index in [1.807, 2.05) is 13.0 Å². The van der Waals surface area contributed by atoms with E-state index in [0.717, 1.165) is 10.2 Å². The molecule has 0 unspecified atom stereocenters. The quantitative estimate of drug-likeness (QED) is 0.925. The Bertz CT molecular complexity index is 684. The number of carbonyl (C=O) groups excluding carboxylic acids is 1. The lowest BCUT2D eigenvalue weighted by atomic mass is 10.2. The molecule has 0 atom stereocenters. The van der Waals surface area contributed by atoms with Crippen LogP contribution in [0.4, 0.5) is 5.69 Å². The molecule has 0 radical (unpaired) electrons. The summed E-state index contributed by atoms with van der Waals surface area (Å²) >= 11 is 3.31. The molecule has 2 rings (SSSR count). The van der Waals surface area contributed by atoms with Crippen molar-refractivity contribution in [3.63, 3.8) is 0 Å². The van der Waals surface area contributed by atoms with Crippen LogP contribution in [0.25, 0.3) is 0 Å². The van der Waals surface area contributed by atoms with E-state index in [0.29, 0.717) is 16.8 Å². The average Bonchev–Trinajstić information content (AvgIpc) is 2.70. The van der Waals surface area contributed by atoms with Crippen LogP contribution >= 0.6 is 15.9 Å². The highest BCUT2D eigenvalue weighted by Crippen LogP contribution is 2.21. The van der Waals surface area contributed by atoms with Gasteiger partial charge in [0.15, 0.2) is 0 Å². The molecule has 96 valence electrons. The Kier molecular flexibility index (Phi) is 3.67. The van der Waals surface area contributed by atoms with Gasteiger partial charge in [-0.05, 0) is 25.1 Å². The van der Waals surface area contributed by atoms with E-state index in [2.05, 4.69) is 26.3 Å². The SMILES string of the molecule is Cc1c(C(=O)Nc2cc(Br)ccc2C#N)cnn1C. The van der Waals surface area contributed by atoms with E-state index in [-0.39, 0.29) is 5.91 Å². The molecule has 1 aromatic heterocycles. The number of benzene rings is 1. The molecular weight excluding hydrogens is 308 g/mol. The number of halogens is 1. The van der Waals surface area contributed by atoms with Crippen LogP contribution in [0.15, 0.2) is 28.9 Å². The largest absolute Gasteiger partial charge is 0.321 e. The van der Waals surface area contributed by atoms with Crippen LogP contribution in [0.1, 0.15) is 21.6 Å². The maximum absolute atomic E-state index is 12.1. The molecule has 6 heteroatoms. The van der Waals surface area contributed by atoms with E-state index in [9.17, 15) is 4.79 Å². The van der Waals surface area contributed by atoms with Crippen molar-refractivity contribution in [1.82, 2.24) is 9.78 Å². The number of aryl methyl sites for hydroxylation is 1. The highest BCUT2D eigenvalue weighted by Gasteiger charge is 2.14. The standard InChI is InChI=1S/C13H11BrN4O/c1-8-11(7-16-18(8)2)13(19)17-12-5-10(14)4-3-9(12)6-15/h3-5,7H,1-2H3,(H,17,19). The fraction of sp³-hybridized carbons (Fsp3) is 0.154. The third kappa shape index (κ3) is 2.66. The summed E-state index contributed by atoms with van der Waals surface area (Å²) < 4.78 is 2.42. The van der Waals surface area contributed by atoms with E-state index in [1.54, 1.807) is 29.9 Å². The topological polar surface area (TPSA) is 70.7 Å². The zero-order chi connectivity index (χ0) is 14.0. The third-order valence-corrected chi connectivity index (χ3v) is 3.32. The third-order valence-electron chi connectivity index (χ3n) is 2.83. The number of amides is 1.